The summed E-state index contributed by atoms with van der Waals surface area (Å²) in [7, 11) is 1.39. The summed E-state index contributed by atoms with van der Waals surface area (Å²) in [6.07, 6.45) is 0.299. The summed E-state index contributed by atoms with van der Waals surface area (Å²) in [5.74, 6) is -0.521. The number of anilines is 1. The van der Waals surface area contributed by atoms with Crippen LogP contribution in [0.1, 0.15) is 6.42 Å². The van der Waals surface area contributed by atoms with Gasteiger partial charge in [-0.3, -0.25) is 4.79 Å². The van der Waals surface area contributed by atoms with E-state index in [0.29, 0.717) is 25.3 Å². The number of amides is 1. The number of nitrogens with one attached hydrogen (secondary N) is 2. The lowest BCUT2D eigenvalue weighted by Crippen LogP contribution is -2.43. The highest BCUT2D eigenvalue weighted by molar-refractivity contribution is 5.91. The highest BCUT2D eigenvalue weighted by atomic mass is 19.1. The molecule has 1 atom stereocenters. The zero-order valence-corrected chi connectivity index (χ0v) is 10.7. The molecule has 5 nitrogen and oxygen atoms in total. The van der Waals surface area contributed by atoms with E-state index in [1.807, 2.05) is 0 Å². The highest BCUT2D eigenvalue weighted by Crippen LogP contribution is 2.20. The third-order valence-electron chi connectivity index (χ3n) is 2.87. The van der Waals surface area contributed by atoms with Crippen molar-refractivity contribution in [2.75, 3.05) is 32.2 Å². The fraction of sp³-hybridized carbons (Fsp3) is 0.462. The summed E-state index contributed by atoms with van der Waals surface area (Å²) in [6.45, 7) is 1.93. The van der Waals surface area contributed by atoms with Crippen LogP contribution in [-0.4, -0.2) is 38.8 Å². The van der Waals surface area contributed by atoms with Crippen LogP contribution >= 0.6 is 0 Å². The van der Waals surface area contributed by atoms with E-state index in [9.17, 15) is 9.18 Å². The Morgan fingerprint density at radius 2 is 2.47 bits per heavy atom. The van der Waals surface area contributed by atoms with Crippen LogP contribution in [0.3, 0.4) is 0 Å². The van der Waals surface area contributed by atoms with Gasteiger partial charge in [-0.2, -0.15) is 0 Å². The van der Waals surface area contributed by atoms with E-state index in [2.05, 4.69) is 10.6 Å². The van der Waals surface area contributed by atoms with Crippen LogP contribution in [0.2, 0.25) is 0 Å². The number of carbonyl (C=O) groups is 1. The smallest absolute Gasteiger partial charge is 0.226 e. The quantitative estimate of drug-likeness (QED) is 0.860. The molecule has 1 aromatic carbocycles. The lowest BCUT2D eigenvalue weighted by Gasteiger charge is -2.23. The van der Waals surface area contributed by atoms with Gasteiger partial charge in [0.05, 0.1) is 20.3 Å². The predicted molar refractivity (Wildman–Crippen MR) is 68.8 cm³/mol. The normalized spacial score (nSPS) is 18.9. The molecule has 1 amide bonds. The maximum absolute atomic E-state index is 13.5. The molecule has 0 spiro atoms. The number of methoxy groups -OCH3 is 1. The van der Waals surface area contributed by atoms with Crippen molar-refractivity contribution >= 4 is 11.6 Å². The average Bonchev–Trinajstić information content (AvgIpc) is 2.40. The van der Waals surface area contributed by atoms with Gasteiger partial charge in [0, 0.05) is 30.8 Å². The Morgan fingerprint density at radius 3 is 3.11 bits per heavy atom. The number of ether oxygens (including phenoxy) is 2. The first-order valence-corrected chi connectivity index (χ1v) is 6.13. The van der Waals surface area contributed by atoms with Gasteiger partial charge in [-0.15, -0.1) is 0 Å². The minimum atomic E-state index is -0.501. The fourth-order valence-corrected chi connectivity index (χ4v) is 1.93. The van der Waals surface area contributed by atoms with Crippen LogP contribution in [0.15, 0.2) is 18.2 Å². The summed E-state index contributed by atoms with van der Waals surface area (Å²) in [6, 6.07) is 4.33. The van der Waals surface area contributed by atoms with Crippen LogP contribution in [-0.2, 0) is 9.53 Å². The average molecular weight is 268 g/mol. The molecule has 6 heteroatoms. The standard InChI is InChI=1S/C13H17FN2O3/c1-18-12-3-2-9(6-11(12)14)16-13(17)7-10-8-19-5-4-15-10/h2-3,6,10,15H,4-5,7-8H2,1H3,(H,16,17). The highest BCUT2D eigenvalue weighted by Gasteiger charge is 2.17. The molecule has 0 aromatic heterocycles. The second kappa shape index (κ2) is 6.49. The predicted octanol–water partition coefficient (Wildman–Crippen LogP) is 1.15. The number of hydrogen-bond acceptors (Lipinski definition) is 4. The van der Waals surface area contributed by atoms with E-state index < -0.39 is 5.82 Å². The lowest BCUT2D eigenvalue weighted by molar-refractivity contribution is -0.117. The van der Waals surface area contributed by atoms with E-state index in [4.69, 9.17) is 9.47 Å². The molecular weight excluding hydrogens is 251 g/mol. The van der Waals surface area contributed by atoms with Gasteiger partial charge in [0.15, 0.2) is 11.6 Å². The molecule has 1 fully saturated rings. The molecule has 1 aromatic rings. The van der Waals surface area contributed by atoms with E-state index in [1.165, 1.54) is 19.2 Å². The first-order chi connectivity index (χ1) is 9.19. The van der Waals surface area contributed by atoms with Gasteiger partial charge in [-0.1, -0.05) is 0 Å². The van der Waals surface area contributed by atoms with Crippen molar-refractivity contribution in [1.82, 2.24) is 5.32 Å². The van der Waals surface area contributed by atoms with Gasteiger partial charge in [0.2, 0.25) is 5.91 Å². The monoisotopic (exact) mass is 268 g/mol. The molecule has 1 unspecified atom stereocenters. The molecule has 2 N–H and O–H groups in total. The Labute approximate surface area is 111 Å². The molecule has 1 heterocycles. The van der Waals surface area contributed by atoms with E-state index >= 15 is 0 Å². The Hall–Kier alpha value is -1.66. The second-order valence-corrected chi connectivity index (χ2v) is 4.33. The van der Waals surface area contributed by atoms with Gasteiger partial charge in [-0.05, 0) is 12.1 Å². The summed E-state index contributed by atoms with van der Waals surface area (Å²) in [5.41, 5.74) is 0.417. The van der Waals surface area contributed by atoms with Crippen molar-refractivity contribution in [2.45, 2.75) is 12.5 Å². The molecule has 1 aliphatic heterocycles. The zero-order chi connectivity index (χ0) is 13.7. The molecule has 0 saturated carbocycles. The Balaban J connectivity index is 1.89. The summed E-state index contributed by atoms with van der Waals surface area (Å²) < 4.78 is 23.5. The van der Waals surface area contributed by atoms with Gasteiger partial charge in [0.1, 0.15) is 0 Å². The first-order valence-electron chi connectivity index (χ1n) is 6.13. The summed E-state index contributed by atoms with van der Waals surface area (Å²) in [4.78, 5) is 11.8. The van der Waals surface area contributed by atoms with Crippen molar-refractivity contribution in [3.63, 3.8) is 0 Å². The molecular formula is C13H17FN2O3. The second-order valence-electron chi connectivity index (χ2n) is 4.33. The van der Waals surface area contributed by atoms with Gasteiger partial charge >= 0.3 is 0 Å². The Bertz CT molecular complexity index is 448. The van der Waals surface area contributed by atoms with Crippen LogP contribution in [0.5, 0.6) is 5.75 Å². The zero-order valence-electron chi connectivity index (χ0n) is 10.7. The number of hydrogen-bond donors (Lipinski definition) is 2. The largest absolute Gasteiger partial charge is 0.494 e. The van der Waals surface area contributed by atoms with E-state index in [-0.39, 0.29) is 17.7 Å². The van der Waals surface area contributed by atoms with Gasteiger partial charge in [0.25, 0.3) is 0 Å². The van der Waals surface area contributed by atoms with Crippen molar-refractivity contribution < 1.29 is 18.7 Å². The Kier molecular flexibility index (Phi) is 4.70. The van der Waals surface area contributed by atoms with Crippen LogP contribution in [0.25, 0.3) is 0 Å². The number of benzene rings is 1. The molecule has 19 heavy (non-hydrogen) atoms. The van der Waals surface area contributed by atoms with Gasteiger partial charge in [-0.25, -0.2) is 4.39 Å². The molecule has 0 aliphatic carbocycles. The van der Waals surface area contributed by atoms with E-state index in [1.54, 1.807) is 6.07 Å². The molecule has 0 radical (unpaired) electrons. The topological polar surface area (TPSA) is 59.6 Å². The number of morpholine rings is 1. The molecule has 1 saturated heterocycles. The minimum Gasteiger partial charge on any atom is -0.494 e. The summed E-state index contributed by atoms with van der Waals surface area (Å²) >= 11 is 0. The van der Waals surface area contributed by atoms with Crippen LogP contribution < -0.4 is 15.4 Å². The first kappa shape index (κ1) is 13.8. The van der Waals surface area contributed by atoms with E-state index in [0.717, 1.165) is 6.54 Å². The maximum Gasteiger partial charge on any atom is 0.226 e. The third-order valence-corrected chi connectivity index (χ3v) is 2.87. The van der Waals surface area contributed by atoms with Crippen molar-refractivity contribution in [3.05, 3.63) is 24.0 Å². The van der Waals surface area contributed by atoms with Crippen molar-refractivity contribution in [2.24, 2.45) is 0 Å². The number of carbonyl (C=O) groups excluding carboxylic acids is 1. The number of halogens is 1. The molecule has 2 rings (SSSR count). The Morgan fingerprint density at radius 1 is 1.63 bits per heavy atom. The third kappa shape index (κ3) is 3.90. The molecule has 0 bridgehead atoms. The minimum absolute atomic E-state index is 0.0110. The van der Waals surface area contributed by atoms with Crippen LogP contribution in [0, 0.1) is 5.82 Å². The van der Waals surface area contributed by atoms with Crippen molar-refractivity contribution in [3.8, 4) is 5.75 Å². The molecule has 104 valence electrons. The summed E-state index contributed by atoms with van der Waals surface area (Å²) in [5, 5.41) is 5.84. The van der Waals surface area contributed by atoms with Gasteiger partial charge < -0.3 is 20.1 Å². The maximum atomic E-state index is 13.5. The van der Waals surface area contributed by atoms with Crippen LogP contribution in [0.4, 0.5) is 10.1 Å². The molecule has 1 aliphatic rings. The lowest BCUT2D eigenvalue weighted by atomic mass is 10.2. The van der Waals surface area contributed by atoms with Crippen molar-refractivity contribution in [1.29, 1.82) is 0 Å². The fourth-order valence-electron chi connectivity index (χ4n) is 1.93. The number of rotatable bonds is 4. The SMILES string of the molecule is COc1ccc(NC(=O)CC2COCCN2)cc1F.